The Hall–Kier alpha value is -2.20. The smallest absolute Gasteiger partial charge is 0.303 e. The number of aliphatic hydroxyl groups excluding tert-OH is 1. The number of carbonyl (C=O) groups is 4. The molecule has 3 unspecified atom stereocenters. The van der Waals surface area contributed by atoms with Crippen LogP contribution in [0.1, 0.15) is 27.7 Å². The summed E-state index contributed by atoms with van der Waals surface area (Å²) in [6.07, 6.45) is -5.06. The molecular weight excluding hydrogens is 326 g/mol. The van der Waals surface area contributed by atoms with E-state index in [9.17, 15) is 24.3 Å². The van der Waals surface area contributed by atoms with Gasteiger partial charge >= 0.3 is 17.9 Å². The Morgan fingerprint density at radius 3 is 1.96 bits per heavy atom. The number of aliphatic hydroxyl groups is 1. The minimum absolute atomic E-state index is 0.338. The molecule has 1 aliphatic rings. The molecule has 0 radical (unpaired) electrons. The molecule has 5 atom stereocenters. The highest BCUT2D eigenvalue weighted by atomic mass is 16.7. The quantitative estimate of drug-likeness (QED) is 0.456. The van der Waals surface area contributed by atoms with Crippen LogP contribution in [0, 0.1) is 0 Å². The van der Waals surface area contributed by atoms with Crippen molar-refractivity contribution in [3.05, 3.63) is 0 Å². The first kappa shape index (κ1) is 19.8. The number of hydrogen-bond acceptors (Lipinski definition) is 9. The molecule has 10 heteroatoms. The monoisotopic (exact) mass is 347 g/mol. The maximum Gasteiger partial charge on any atom is 0.303 e. The third-order valence-corrected chi connectivity index (χ3v) is 3.09. The van der Waals surface area contributed by atoms with E-state index in [1.807, 2.05) is 0 Å². The maximum atomic E-state index is 11.4. The van der Waals surface area contributed by atoms with Crippen LogP contribution in [-0.2, 0) is 38.1 Å². The third kappa shape index (κ3) is 5.78. The summed E-state index contributed by atoms with van der Waals surface area (Å²) < 4.78 is 20.3. The summed E-state index contributed by atoms with van der Waals surface area (Å²) in [5.74, 6) is -2.54. The summed E-state index contributed by atoms with van der Waals surface area (Å²) in [6, 6.07) is -1.16. The molecular formula is C14H21NO9. The highest BCUT2D eigenvalue weighted by Crippen LogP contribution is 2.26. The van der Waals surface area contributed by atoms with Crippen molar-refractivity contribution in [3.63, 3.8) is 0 Å². The van der Waals surface area contributed by atoms with Gasteiger partial charge in [-0.1, -0.05) is 0 Å². The van der Waals surface area contributed by atoms with Gasteiger partial charge in [-0.3, -0.25) is 19.2 Å². The van der Waals surface area contributed by atoms with Gasteiger partial charge in [-0.25, -0.2) is 0 Å². The number of nitrogens with one attached hydrogen (secondary N) is 1. The number of rotatable bonds is 5. The largest absolute Gasteiger partial charge is 0.463 e. The lowest BCUT2D eigenvalue weighted by atomic mass is 9.96. The first-order chi connectivity index (χ1) is 11.1. The molecule has 24 heavy (non-hydrogen) atoms. The minimum atomic E-state index is -1.56. The van der Waals surface area contributed by atoms with Crippen LogP contribution in [0.4, 0.5) is 0 Å². The van der Waals surface area contributed by atoms with Crippen LogP contribution in [0.25, 0.3) is 0 Å². The van der Waals surface area contributed by atoms with Crippen LogP contribution in [0.5, 0.6) is 0 Å². The first-order valence-electron chi connectivity index (χ1n) is 7.20. The van der Waals surface area contributed by atoms with E-state index < -0.39 is 54.5 Å². The maximum absolute atomic E-state index is 11.4. The van der Waals surface area contributed by atoms with E-state index in [-0.39, 0.29) is 6.61 Å². The molecule has 1 saturated heterocycles. The van der Waals surface area contributed by atoms with Crippen LogP contribution in [0.15, 0.2) is 0 Å². The van der Waals surface area contributed by atoms with Gasteiger partial charge in [0, 0.05) is 27.7 Å². The van der Waals surface area contributed by atoms with Gasteiger partial charge in [-0.15, -0.1) is 0 Å². The molecule has 1 fully saturated rings. The molecule has 0 aliphatic carbocycles. The van der Waals surface area contributed by atoms with Crippen LogP contribution < -0.4 is 5.32 Å². The highest BCUT2D eigenvalue weighted by Gasteiger charge is 2.50. The molecule has 0 aromatic rings. The van der Waals surface area contributed by atoms with Crippen molar-refractivity contribution >= 4 is 23.8 Å². The third-order valence-electron chi connectivity index (χ3n) is 3.09. The van der Waals surface area contributed by atoms with Gasteiger partial charge in [-0.05, 0) is 0 Å². The van der Waals surface area contributed by atoms with Crippen molar-refractivity contribution in [2.45, 2.75) is 58.3 Å². The molecule has 0 saturated carbocycles. The summed E-state index contributed by atoms with van der Waals surface area (Å²) in [6.45, 7) is 4.28. The summed E-state index contributed by atoms with van der Waals surface area (Å²) in [5.41, 5.74) is 0. The zero-order valence-corrected chi connectivity index (χ0v) is 13.8. The van der Waals surface area contributed by atoms with Gasteiger partial charge in [0.2, 0.25) is 5.91 Å². The Balaban J connectivity index is 3.11. The summed E-state index contributed by atoms with van der Waals surface area (Å²) >= 11 is 0. The lowest BCUT2D eigenvalue weighted by Crippen LogP contribution is -2.66. The van der Waals surface area contributed by atoms with Crippen molar-refractivity contribution < 1.29 is 43.2 Å². The first-order valence-corrected chi connectivity index (χ1v) is 7.20. The Labute approximate surface area is 138 Å². The number of ether oxygens (including phenoxy) is 4. The van der Waals surface area contributed by atoms with Crippen LogP contribution in [0.3, 0.4) is 0 Å². The highest BCUT2D eigenvalue weighted by molar-refractivity contribution is 5.73. The fraction of sp³-hybridized carbons (Fsp3) is 0.714. The van der Waals surface area contributed by atoms with E-state index >= 15 is 0 Å². The van der Waals surface area contributed by atoms with Crippen molar-refractivity contribution in [3.8, 4) is 0 Å². The molecule has 0 bridgehead atoms. The lowest BCUT2D eigenvalue weighted by Gasteiger charge is -2.43. The van der Waals surface area contributed by atoms with Crippen LogP contribution in [0.2, 0.25) is 0 Å². The summed E-state index contributed by atoms with van der Waals surface area (Å²) in [4.78, 5) is 45.0. The van der Waals surface area contributed by atoms with Gasteiger partial charge in [0.15, 0.2) is 18.5 Å². The van der Waals surface area contributed by atoms with E-state index in [1.165, 1.54) is 13.8 Å². The normalized spacial score (nSPS) is 29.3. The van der Waals surface area contributed by atoms with Crippen molar-refractivity contribution in [1.29, 1.82) is 0 Å². The molecule has 0 aromatic heterocycles. The standard InChI is InChI=1S/C14H21NO9/c1-6(16)15-11-13(23-9(4)19)12(22-8(3)18)10(24-14(11)20)5-21-7(2)17/h10-14,20H,5H2,1-4H3,(H,15,16)/t10?,11?,12-,13-,14?/m0/s1. The van der Waals surface area contributed by atoms with Gasteiger partial charge < -0.3 is 29.4 Å². The van der Waals surface area contributed by atoms with E-state index in [1.54, 1.807) is 0 Å². The van der Waals surface area contributed by atoms with E-state index in [4.69, 9.17) is 18.9 Å². The second-order valence-electron chi connectivity index (χ2n) is 5.24. The summed E-state index contributed by atoms with van der Waals surface area (Å²) in [7, 11) is 0. The second-order valence-corrected chi connectivity index (χ2v) is 5.24. The molecule has 0 aromatic carbocycles. The molecule has 10 nitrogen and oxygen atoms in total. The SMILES string of the molecule is CC(=O)NC1C(O)OC(COC(C)=O)[C@H](OC(C)=O)[C@H]1OC(C)=O. The van der Waals surface area contributed by atoms with Crippen molar-refractivity contribution in [2.75, 3.05) is 6.61 Å². The second kappa shape index (κ2) is 8.60. The molecule has 1 heterocycles. The van der Waals surface area contributed by atoms with E-state index in [0.717, 1.165) is 13.8 Å². The molecule has 2 N–H and O–H groups in total. The predicted octanol–water partition coefficient (Wildman–Crippen LogP) is -1.37. The molecule has 1 amide bonds. The van der Waals surface area contributed by atoms with Gasteiger partial charge in [0.05, 0.1) is 0 Å². The predicted molar refractivity (Wildman–Crippen MR) is 76.2 cm³/mol. The van der Waals surface area contributed by atoms with Crippen LogP contribution in [-0.4, -0.2) is 66.2 Å². The fourth-order valence-electron chi connectivity index (χ4n) is 2.31. The topological polar surface area (TPSA) is 137 Å². The van der Waals surface area contributed by atoms with E-state index in [2.05, 4.69) is 5.32 Å². The van der Waals surface area contributed by atoms with Gasteiger partial charge in [-0.2, -0.15) is 0 Å². The zero-order valence-electron chi connectivity index (χ0n) is 13.8. The molecule has 0 spiro atoms. The van der Waals surface area contributed by atoms with Crippen molar-refractivity contribution in [2.24, 2.45) is 0 Å². The Kier molecular flexibility index (Phi) is 7.11. The Morgan fingerprint density at radius 2 is 1.50 bits per heavy atom. The van der Waals surface area contributed by atoms with E-state index in [0.29, 0.717) is 0 Å². The number of carbonyl (C=O) groups excluding carboxylic acids is 4. The fourth-order valence-corrected chi connectivity index (χ4v) is 2.31. The Bertz CT molecular complexity index is 506. The molecule has 136 valence electrons. The number of hydrogen-bond donors (Lipinski definition) is 2. The van der Waals surface area contributed by atoms with Gasteiger partial charge in [0.1, 0.15) is 18.8 Å². The van der Waals surface area contributed by atoms with Gasteiger partial charge in [0.25, 0.3) is 0 Å². The van der Waals surface area contributed by atoms with Crippen LogP contribution >= 0.6 is 0 Å². The average molecular weight is 347 g/mol. The lowest BCUT2D eigenvalue weighted by molar-refractivity contribution is -0.264. The van der Waals surface area contributed by atoms with Crippen molar-refractivity contribution in [1.82, 2.24) is 5.32 Å². The molecule has 1 rings (SSSR count). The summed E-state index contributed by atoms with van der Waals surface area (Å²) in [5, 5.41) is 12.5. The molecule has 1 aliphatic heterocycles. The number of esters is 3. The average Bonchev–Trinajstić information content (AvgIpc) is 2.42. The zero-order chi connectivity index (χ0) is 18.4. The number of amides is 1. The Morgan fingerprint density at radius 1 is 0.958 bits per heavy atom. The minimum Gasteiger partial charge on any atom is -0.463 e.